The molecule has 0 spiro atoms. The second kappa shape index (κ2) is 7.89. The smallest absolute Gasteiger partial charge is 0.138 e. The van der Waals surface area contributed by atoms with Crippen LogP contribution in [-0.4, -0.2) is 21.7 Å². The van der Waals surface area contributed by atoms with E-state index in [0.717, 1.165) is 12.8 Å². The third-order valence-corrected chi connectivity index (χ3v) is 4.21. The predicted molar refractivity (Wildman–Crippen MR) is 81.7 cm³/mol. The maximum Gasteiger partial charge on any atom is 0.138 e. The van der Waals surface area contributed by atoms with E-state index in [1.165, 1.54) is 16.5 Å². The van der Waals surface area contributed by atoms with Gasteiger partial charge in [0.2, 0.25) is 0 Å². The minimum Gasteiger partial charge on any atom is -0.363 e. The minimum atomic E-state index is 0.137. The quantitative estimate of drug-likeness (QED) is 0.394. The summed E-state index contributed by atoms with van der Waals surface area (Å²) in [6.45, 7) is 0. The van der Waals surface area contributed by atoms with Crippen LogP contribution in [0.15, 0.2) is 23.9 Å². The summed E-state index contributed by atoms with van der Waals surface area (Å²) in [6.07, 6.45) is 9.99. The van der Waals surface area contributed by atoms with E-state index < -0.39 is 0 Å². The molecule has 2 unspecified atom stereocenters. The van der Waals surface area contributed by atoms with Gasteiger partial charge in [-0.05, 0) is 25.3 Å². The Bertz CT molecular complexity index is 241. The second-order valence-corrected chi connectivity index (χ2v) is 6.13. The highest BCUT2D eigenvalue weighted by Gasteiger charge is 2.18. The summed E-state index contributed by atoms with van der Waals surface area (Å²) >= 11 is 4.87. The van der Waals surface area contributed by atoms with Gasteiger partial charge < -0.3 is 10.1 Å². The number of hydrogen-bond acceptors (Lipinski definition) is 2. The van der Waals surface area contributed by atoms with Gasteiger partial charge >= 0.3 is 0 Å². The van der Waals surface area contributed by atoms with Crippen molar-refractivity contribution in [2.45, 2.75) is 29.4 Å². The zero-order valence-corrected chi connectivity index (χ0v) is 13.2. The number of halogens is 2. The van der Waals surface area contributed by atoms with Crippen LogP contribution in [0.25, 0.3) is 0 Å². The van der Waals surface area contributed by atoms with Gasteiger partial charge in [-0.25, -0.2) is 0 Å². The van der Waals surface area contributed by atoms with Gasteiger partial charge in [0.15, 0.2) is 0 Å². The molecule has 0 aliphatic heterocycles. The first-order chi connectivity index (χ1) is 7.27. The predicted octanol–water partition coefficient (Wildman–Crippen LogP) is 3.41. The van der Waals surface area contributed by atoms with Gasteiger partial charge in [0.1, 0.15) is 6.23 Å². The molecule has 0 aromatic heterocycles. The van der Waals surface area contributed by atoms with Crippen molar-refractivity contribution in [3.63, 3.8) is 0 Å². The van der Waals surface area contributed by atoms with Crippen LogP contribution in [0.4, 0.5) is 0 Å². The largest absolute Gasteiger partial charge is 0.363 e. The average molecular weight is 433 g/mol. The normalized spacial score (nSPS) is 19.5. The Morgan fingerprint density at radius 2 is 2.40 bits per heavy atom. The first-order valence-corrected chi connectivity index (χ1v) is 7.90. The van der Waals surface area contributed by atoms with Crippen LogP contribution in [0.2, 0.25) is 0 Å². The third-order valence-electron chi connectivity index (χ3n) is 2.31. The van der Waals surface area contributed by atoms with Gasteiger partial charge in [0.25, 0.3) is 0 Å². The maximum absolute atomic E-state index is 5.48. The SMILES string of the molecule is COC(NC1=CC=CCC1)C(I)CCI. The summed E-state index contributed by atoms with van der Waals surface area (Å²) in [7, 11) is 1.77. The van der Waals surface area contributed by atoms with Gasteiger partial charge in [0, 0.05) is 17.2 Å². The molecule has 1 N–H and O–H groups in total. The Labute approximate surface area is 119 Å². The zero-order valence-electron chi connectivity index (χ0n) is 8.88. The van der Waals surface area contributed by atoms with E-state index in [4.69, 9.17) is 4.74 Å². The Kier molecular flexibility index (Phi) is 7.24. The van der Waals surface area contributed by atoms with Crippen LogP contribution in [-0.2, 0) is 4.74 Å². The van der Waals surface area contributed by atoms with E-state index >= 15 is 0 Å². The summed E-state index contributed by atoms with van der Waals surface area (Å²) in [5, 5.41) is 3.47. The fourth-order valence-corrected chi connectivity index (χ4v) is 4.11. The molecule has 0 saturated heterocycles. The molecule has 0 aromatic rings. The van der Waals surface area contributed by atoms with Crippen molar-refractivity contribution in [1.82, 2.24) is 5.32 Å². The number of ether oxygens (including phenoxy) is 1. The molecule has 0 amide bonds. The Morgan fingerprint density at radius 3 is 2.93 bits per heavy atom. The van der Waals surface area contributed by atoms with Gasteiger partial charge in [-0.1, -0.05) is 57.3 Å². The van der Waals surface area contributed by atoms with Crippen LogP contribution in [0.3, 0.4) is 0 Å². The van der Waals surface area contributed by atoms with Crippen molar-refractivity contribution < 1.29 is 4.74 Å². The van der Waals surface area contributed by atoms with E-state index in [-0.39, 0.29) is 6.23 Å². The van der Waals surface area contributed by atoms with Crippen LogP contribution in [0, 0.1) is 0 Å². The van der Waals surface area contributed by atoms with Crippen molar-refractivity contribution in [3.05, 3.63) is 23.9 Å². The lowest BCUT2D eigenvalue weighted by Crippen LogP contribution is -2.38. The molecule has 0 heterocycles. The minimum absolute atomic E-state index is 0.137. The highest BCUT2D eigenvalue weighted by molar-refractivity contribution is 14.1. The van der Waals surface area contributed by atoms with Gasteiger partial charge in [-0.2, -0.15) is 0 Å². The standard InChI is InChI=1S/C11H17I2NO/c1-15-11(10(13)7-8-12)14-9-5-3-2-4-6-9/h2-3,5,10-11,14H,4,6-8H2,1H3. The molecule has 0 saturated carbocycles. The molecule has 1 aliphatic rings. The number of hydrogen-bond donors (Lipinski definition) is 1. The van der Waals surface area contributed by atoms with E-state index in [9.17, 15) is 0 Å². The average Bonchev–Trinajstić information content (AvgIpc) is 2.27. The maximum atomic E-state index is 5.48. The van der Waals surface area contributed by atoms with Crippen molar-refractivity contribution in [3.8, 4) is 0 Å². The number of alkyl halides is 2. The molecular formula is C11H17I2NO. The summed E-state index contributed by atoms with van der Waals surface area (Å²) < 4.78 is 7.18. The van der Waals surface area contributed by atoms with Gasteiger partial charge in [-0.3, -0.25) is 0 Å². The van der Waals surface area contributed by atoms with E-state index in [0.29, 0.717) is 3.92 Å². The van der Waals surface area contributed by atoms with Crippen LogP contribution in [0.5, 0.6) is 0 Å². The molecular weight excluding hydrogens is 416 g/mol. The first kappa shape index (κ1) is 13.8. The second-order valence-electron chi connectivity index (χ2n) is 3.45. The number of methoxy groups -OCH3 is 1. The van der Waals surface area contributed by atoms with Crippen molar-refractivity contribution in [2.75, 3.05) is 11.5 Å². The molecule has 0 aromatic carbocycles. The van der Waals surface area contributed by atoms with Crippen molar-refractivity contribution >= 4 is 45.2 Å². The van der Waals surface area contributed by atoms with E-state index in [1.807, 2.05) is 0 Å². The van der Waals surface area contributed by atoms with Gasteiger partial charge in [0.05, 0.1) is 3.92 Å². The molecule has 4 heteroatoms. The third kappa shape index (κ3) is 5.04. The van der Waals surface area contributed by atoms with E-state index in [2.05, 4.69) is 68.7 Å². The van der Waals surface area contributed by atoms with Crippen LogP contribution in [0.1, 0.15) is 19.3 Å². The summed E-state index contributed by atoms with van der Waals surface area (Å²) in [5.74, 6) is 0. The zero-order chi connectivity index (χ0) is 11.1. The number of allylic oxidation sites excluding steroid dienone is 4. The van der Waals surface area contributed by atoms with Crippen LogP contribution >= 0.6 is 45.2 Å². The molecule has 2 nitrogen and oxygen atoms in total. The number of rotatable bonds is 6. The molecule has 1 rings (SSSR count). The number of nitrogens with one attached hydrogen (secondary N) is 1. The van der Waals surface area contributed by atoms with E-state index in [1.54, 1.807) is 7.11 Å². The highest BCUT2D eigenvalue weighted by Crippen LogP contribution is 2.17. The Hall–Kier alpha value is 0.700. The van der Waals surface area contributed by atoms with Crippen molar-refractivity contribution in [2.24, 2.45) is 0 Å². The van der Waals surface area contributed by atoms with Crippen molar-refractivity contribution in [1.29, 1.82) is 0 Å². The Balaban J connectivity index is 2.45. The topological polar surface area (TPSA) is 21.3 Å². The summed E-state index contributed by atoms with van der Waals surface area (Å²) in [4.78, 5) is 0. The fourth-order valence-electron chi connectivity index (χ4n) is 1.46. The molecule has 1 aliphatic carbocycles. The van der Waals surface area contributed by atoms with Crippen LogP contribution < -0.4 is 5.32 Å². The summed E-state index contributed by atoms with van der Waals surface area (Å²) in [6, 6.07) is 0. The molecule has 0 radical (unpaired) electrons. The molecule has 15 heavy (non-hydrogen) atoms. The monoisotopic (exact) mass is 433 g/mol. The lowest BCUT2D eigenvalue weighted by atomic mass is 10.1. The lowest BCUT2D eigenvalue weighted by molar-refractivity contribution is 0.0828. The molecule has 2 atom stereocenters. The highest BCUT2D eigenvalue weighted by atomic mass is 127. The lowest BCUT2D eigenvalue weighted by Gasteiger charge is -2.25. The molecule has 0 fully saturated rings. The Morgan fingerprint density at radius 1 is 1.60 bits per heavy atom. The van der Waals surface area contributed by atoms with Gasteiger partial charge in [-0.15, -0.1) is 0 Å². The molecule has 86 valence electrons. The first-order valence-electron chi connectivity index (χ1n) is 5.13. The summed E-state index contributed by atoms with van der Waals surface area (Å²) in [5.41, 5.74) is 1.29. The fraction of sp³-hybridized carbons (Fsp3) is 0.636. The molecule has 0 bridgehead atoms.